The average Bonchev–Trinajstić information content (AvgIpc) is 2.97. The Morgan fingerprint density at radius 2 is 1.46 bits per heavy atom. The number of rotatable bonds is 16. The summed E-state index contributed by atoms with van der Waals surface area (Å²) in [7, 11) is 3.61. The Hall–Kier alpha value is -3.65. The Kier molecular flexibility index (Phi) is 12.5. The maximum atomic E-state index is 12.3. The second-order valence-electron chi connectivity index (χ2n) is 9.08. The summed E-state index contributed by atoms with van der Waals surface area (Å²) in [6, 6.07) is 25.7. The summed E-state index contributed by atoms with van der Waals surface area (Å²) >= 11 is 0. The highest BCUT2D eigenvalue weighted by molar-refractivity contribution is 5.98. The minimum Gasteiger partial charge on any atom is -0.508 e. The van der Waals surface area contributed by atoms with Crippen molar-refractivity contribution < 1.29 is 24.1 Å². The highest BCUT2D eigenvalue weighted by atomic mass is 16.5. The van der Waals surface area contributed by atoms with Gasteiger partial charge in [-0.05, 0) is 65.6 Å². The SMILES string of the molecule is CC/C(=C(\c1ccc(O)cc1)c1ccc(OCCN(C)C(=O)COCCOCCNC)cc1)c1ccccc1. The number of likely N-dealkylation sites (N-methyl/N-ethyl adjacent to an activating group) is 2. The van der Waals surface area contributed by atoms with Gasteiger partial charge in [-0.1, -0.05) is 61.5 Å². The van der Waals surface area contributed by atoms with Crippen molar-refractivity contribution in [2.45, 2.75) is 13.3 Å². The molecule has 7 heteroatoms. The Balaban J connectivity index is 1.60. The van der Waals surface area contributed by atoms with E-state index in [4.69, 9.17) is 14.2 Å². The van der Waals surface area contributed by atoms with Crippen molar-refractivity contribution >= 4 is 17.1 Å². The topological polar surface area (TPSA) is 80.3 Å². The molecule has 0 aliphatic rings. The third-order valence-electron chi connectivity index (χ3n) is 6.29. The first-order valence-corrected chi connectivity index (χ1v) is 13.4. The summed E-state index contributed by atoms with van der Waals surface area (Å²) in [5, 5.41) is 12.8. The molecule has 0 heterocycles. The monoisotopic (exact) mass is 532 g/mol. The number of phenols is 1. The minimum absolute atomic E-state index is 0.0220. The number of hydrogen-bond donors (Lipinski definition) is 2. The largest absolute Gasteiger partial charge is 0.508 e. The number of ether oxygens (including phenoxy) is 3. The van der Waals surface area contributed by atoms with Crippen LogP contribution in [-0.2, 0) is 14.3 Å². The van der Waals surface area contributed by atoms with Crippen molar-refractivity contribution in [2.75, 3.05) is 60.2 Å². The number of nitrogens with one attached hydrogen (secondary N) is 1. The van der Waals surface area contributed by atoms with E-state index >= 15 is 0 Å². The number of amides is 1. The first-order valence-electron chi connectivity index (χ1n) is 13.4. The lowest BCUT2D eigenvalue weighted by Gasteiger charge is -2.18. The lowest BCUT2D eigenvalue weighted by atomic mass is 9.88. The molecule has 7 nitrogen and oxygen atoms in total. The zero-order valence-electron chi connectivity index (χ0n) is 23.2. The van der Waals surface area contributed by atoms with Gasteiger partial charge in [0.1, 0.15) is 24.7 Å². The van der Waals surface area contributed by atoms with E-state index in [0.717, 1.165) is 35.4 Å². The van der Waals surface area contributed by atoms with E-state index in [-0.39, 0.29) is 18.3 Å². The van der Waals surface area contributed by atoms with Crippen LogP contribution in [0.3, 0.4) is 0 Å². The van der Waals surface area contributed by atoms with Crippen LogP contribution in [0.5, 0.6) is 11.5 Å². The van der Waals surface area contributed by atoms with Crippen LogP contribution in [0, 0.1) is 0 Å². The van der Waals surface area contributed by atoms with Crippen molar-refractivity contribution in [2.24, 2.45) is 0 Å². The van der Waals surface area contributed by atoms with E-state index < -0.39 is 0 Å². The molecular formula is C32H40N2O5. The predicted octanol–water partition coefficient (Wildman–Crippen LogP) is 4.85. The lowest BCUT2D eigenvalue weighted by molar-refractivity contribution is -0.135. The quantitative estimate of drug-likeness (QED) is 0.203. The molecule has 0 aromatic heterocycles. The number of aromatic hydroxyl groups is 1. The number of nitrogens with zero attached hydrogens (tertiary/aromatic N) is 1. The fourth-order valence-corrected chi connectivity index (χ4v) is 4.11. The molecule has 3 aromatic carbocycles. The molecule has 0 bridgehead atoms. The van der Waals surface area contributed by atoms with Crippen LogP contribution in [0.25, 0.3) is 11.1 Å². The molecule has 0 saturated carbocycles. The van der Waals surface area contributed by atoms with Crippen LogP contribution >= 0.6 is 0 Å². The summed E-state index contributed by atoms with van der Waals surface area (Å²) < 4.78 is 16.7. The fraction of sp³-hybridized carbons (Fsp3) is 0.344. The standard InChI is InChI=1S/C32H40N2O5/c1-4-30(25-8-6-5-7-9-25)32(26-10-14-28(35)15-11-26)27-12-16-29(17-13-27)39-21-19-34(3)31(36)24-38-23-22-37-20-18-33-2/h5-17,33,35H,4,18-24H2,1-3H3/b32-30-. The van der Waals surface area contributed by atoms with E-state index in [9.17, 15) is 9.90 Å². The van der Waals surface area contributed by atoms with Gasteiger partial charge in [-0.3, -0.25) is 4.79 Å². The van der Waals surface area contributed by atoms with Gasteiger partial charge >= 0.3 is 0 Å². The number of phenolic OH excluding ortho intramolecular Hbond substituents is 1. The Labute approximate surface area is 232 Å². The fourth-order valence-electron chi connectivity index (χ4n) is 4.11. The summed E-state index contributed by atoms with van der Waals surface area (Å²) in [4.78, 5) is 13.9. The zero-order valence-corrected chi connectivity index (χ0v) is 23.2. The van der Waals surface area contributed by atoms with Crippen LogP contribution in [0.1, 0.15) is 30.0 Å². The molecule has 0 aliphatic heterocycles. The molecule has 3 rings (SSSR count). The van der Waals surface area contributed by atoms with Crippen molar-refractivity contribution in [3.05, 3.63) is 95.6 Å². The van der Waals surface area contributed by atoms with E-state index in [2.05, 4.69) is 36.5 Å². The highest BCUT2D eigenvalue weighted by Gasteiger charge is 2.14. The van der Waals surface area contributed by atoms with Gasteiger partial charge in [0.05, 0.1) is 26.4 Å². The Morgan fingerprint density at radius 3 is 2.10 bits per heavy atom. The van der Waals surface area contributed by atoms with E-state index in [1.165, 1.54) is 11.1 Å². The summed E-state index contributed by atoms with van der Waals surface area (Å²) in [5.41, 5.74) is 5.61. The molecule has 2 N–H and O–H groups in total. The molecule has 0 spiro atoms. The minimum atomic E-state index is -0.0964. The van der Waals surface area contributed by atoms with Gasteiger partial charge in [0.2, 0.25) is 5.91 Å². The van der Waals surface area contributed by atoms with Crippen LogP contribution in [0.15, 0.2) is 78.9 Å². The molecule has 0 radical (unpaired) electrons. The van der Waals surface area contributed by atoms with Gasteiger partial charge in [0.15, 0.2) is 0 Å². The molecule has 0 aliphatic carbocycles. The number of carbonyl (C=O) groups is 1. The highest BCUT2D eigenvalue weighted by Crippen LogP contribution is 2.35. The third-order valence-corrected chi connectivity index (χ3v) is 6.29. The Bertz CT molecular complexity index is 1160. The van der Waals surface area contributed by atoms with Crippen molar-refractivity contribution in [3.63, 3.8) is 0 Å². The summed E-state index contributed by atoms with van der Waals surface area (Å²) in [6.45, 7) is 5.26. The second kappa shape index (κ2) is 16.3. The maximum Gasteiger partial charge on any atom is 0.248 e. The van der Waals surface area contributed by atoms with Crippen LogP contribution in [0.2, 0.25) is 0 Å². The van der Waals surface area contributed by atoms with Crippen molar-refractivity contribution in [3.8, 4) is 11.5 Å². The molecule has 39 heavy (non-hydrogen) atoms. The van der Waals surface area contributed by atoms with E-state index in [0.29, 0.717) is 33.0 Å². The molecule has 0 saturated heterocycles. The van der Waals surface area contributed by atoms with Crippen molar-refractivity contribution in [1.82, 2.24) is 10.2 Å². The average molecular weight is 533 g/mol. The van der Waals surface area contributed by atoms with Gasteiger partial charge in [0, 0.05) is 13.6 Å². The molecule has 0 atom stereocenters. The normalized spacial score (nSPS) is 11.7. The predicted molar refractivity (Wildman–Crippen MR) is 156 cm³/mol. The Morgan fingerprint density at radius 1 is 0.821 bits per heavy atom. The molecule has 208 valence electrons. The summed E-state index contributed by atoms with van der Waals surface area (Å²) in [5.74, 6) is 0.877. The number of allylic oxidation sites excluding steroid dienone is 1. The van der Waals surface area contributed by atoms with Gasteiger partial charge in [-0.25, -0.2) is 0 Å². The number of carbonyl (C=O) groups excluding carboxylic acids is 1. The molecule has 3 aromatic rings. The van der Waals surface area contributed by atoms with Gasteiger partial charge < -0.3 is 29.5 Å². The molecule has 0 fully saturated rings. The third kappa shape index (κ3) is 9.55. The maximum absolute atomic E-state index is 12.3. The first-order chi connectivity index (χ1) is 19.0. The first kappa shape index (κ1) is 29.9. The molecule has 1 amide bonds. The van der Waals surface area contributed by atoms with Crippen LogP contribution < -0.4 is 10.1 Å². The van der Waals surface area contributed by atoms with Crippen LogP contribution in [-0.4, -0.2) is 76.1 Å². The summed E-state index contributed by atoms with van der Waals surface area (Å²) in [6.07, 6.45) is 0.853. The van der Waals surface area contributed by atoms with Gasteiger partial charge in [0.25, 0.3) is 0 Å². The van der Waals surface area contributed by atoms with Gasteiger partial charge in [-0.2, -0.15) is 0 Å². The number of hydrogen-bond acceptors (Lipinski definition) is 6. The zero-order chi connectivity index (χ0) is 27.9. The van der Waals surface area contributed by atoms with Gasteiger partial charge in [-0.15, -0.1) is 0 Å². The molecule has 0 unspecified atom stereocenters. The van der Waals surface area contributed by atoms with E-state index in [1.807, 2.05) is 49.5 Å². The lowest BCUT2D eigenvalue weighted by Crippen LogP contribution is -2.34. The van der Waals surface area contributed by atoms with E-state index in [1.54, 1.807) is 24.1 Å². The second-order valence-corrected chi connectivity index (χ2v) is 9.08. The number of benzene rings is 3. The smallest absolute Gasteiger partial charge is 0.248 e. The molecular weight excluding hydrogens is 492 g/mol. The van der Waals surface area contributed by atoms with Crippen molar-refractivity contribution in [1.29, 1.82) is 0 Å². The van der Waals surface area contributed by atoms with Crippen LogP contribution in [0.4, 0.5) is 0 Å².